The van der Waals surface area contributed by atoms with Crippen LogP contribution in [0.2, 0.25) is 0 Å². The van der Waals surface area contributed by atoms with Crippen molar-refractivity contribution < 1.29 is 33.3 Å². The minimum atomic E-state index is -0.655. The third-order valence-corrected chi connectivity index (χ3v) is 6.43. The van der Waals surface area contributed by atoms with Crippen LogP contribution in [0.5, 0.6) is 0 Å². The standard InChI is InChI=1S/C20H29NO7/c1-20(2,3)19(24)28-16-11-10-12-14(18(23)27-15(12)16)13(11)17(22)26-9-6-21-4-7-25-8-5-21/h11-16H,4-10H2,1-3H3. The molecule has 156 valence electrons. The Labute approximate surface area is 164 Å². The van der Waals surface area contributed by atoms with Crippen LogP contribution in [0.1, 0.15) is 27.2 Å². The summed E-state index contributed by atoms with van der Waals surface area (Å²) in [6.45, 7) is 9.31. The number of esters is 3. The number of nitrogens with zero attached hydrogens (tertiary/aromatic N) is 1. The molecule has 0 N–H and O–H groups in total. The fourth-order valence-electron chi connectivity index (χ4n) is 4.97. The van der Waals surface area contributed by atoms with Crippen LogP contribution in [0.3, 0.4) is 0 Å². The Balaban J connectivity index is 1.40. The second-order valence-electron chi connectivity index (χ2n) is 9.26. The van der Waals surface area contributed by atoms with Crippen LogP contribution in [-0.4, -0.2) is 74.5 Å². The van der Waals surface area contributed by atoms with E-state index in [4.69, 9.17) is 18.9 Å². The summed E-state index contributed by atoms with van der Waals surface area (Å²) in [5, 5.41) is 0. The van der Waals surface area contributed by atoms with Crippen LogP contribution in [0.15, 0.2) is 0 Å². The lowest BCUT2D eigenvalue weighted by Gasteiger charge is -2.32. The number of carbonyl (C=O) groups is 3. The average molecular weight is 395 g/mol. The molecule has 0 aromatic rings. The van der Waals surface area contributed by atoms with Gasteiger partial charge in [0.25, 0.3) is 0 Å². The van der Waals surface area contributed by atoms with Gasteiger partial charge in [0, 0.05) is 31.5 Å². The first-order valence-electron chi connectivity index (χ1n) is 10.2. The monoisotopic (exact) mass is 395 g/mol. The maximum atomic E-state index is 12.8. The number of hydrogen-bond donors (Lipinski definition) is 0. The van der Waals surface area contributed by atoms with E-state index in [1.54, 1.807) is 20.8 Å². The maximum absolute atomic E-state index is 12.8. The molecule has 2 heterocycles. The van der Waals surface area contributed by atoms with E-state index in [-0.39, 0.29) is 36.4 Å². The Kier molecular flexibility index (Phi) is 5.12. The molecule has 0 aromatic heterocycles. The average Bonchev–Trinajstić information content (AvgIpc) is 3.25. The summed E-state index contributed by atoms with van der Waals surface area (Å²) in [4.78, 5) is 39.8. The molecule has 2 aliphatic carbocycles. The second-order valence-corrected chi connectivity index (χ2v) is 9.26. The molecule has 0 amide bonds. The highest BCUT2D eigenvalue weighted by atomic mass is 16.6. The number of fused-ring (bicyclic) bond motifs is 1. The zero-order valence-corrected chi connectivity index (χ0v) is 16.7. The van der Waals surface area contributed by atoms with Crippen LogP contribution in [-0.2, 0) is 33.3 Å². The summed E-state index contributed by atoms with van der Waals surface area (Å²) < 4.78 is 22.1. The van der Waals surface area contributed by atoms with E-state index in [0.29, 0.717) is 26.2 Å². The number of rotatable bonds is 5. The van der Waals surface area contributed by atoms with Gasteiger partial charge in [0.2, 0.25) is 0 Å². The van der Waals surface area contributed by atoms with Crippen LogP contribution in [0.4, 0.5) is 0 Å². The van der Waals surface area contributed by atoms with Gasteiger partial charge in [0.15, 0.2) is 0 Å². The van der Waals surface area contributed by atoms with Crippen molar-refractivity contribution in [1.29, 1.82) is 0 Å². The predicted octanol–water partition coefficient (Wildman–Crippen LogP) is 0.627. The third kappa shape index (κ3) is 3.41. The summed E-state index contributed by atoms with van der Waals surface area (Å²) >= 11 is 0. The maximum Gasteiger partial charge on any atom is 0.311 e. The Hall–Kier alpha value is -1.67. The highest BCUT2D eigenvalue weighted by Gasteiger charge is 2.70. The topological polar surface area (TPSA) is 91.4 Å². The van der Waals surface area contributed by atoms with Crippen LogP contribution in [0.25, 0.3) is 0 Å². The fourth-order valence-corrected chi connectivity index (χ4v) is 4.97. The van der Waals surface area contributed by atoms with E-state index in [2.05, 4.69) is 4.90 Å². The molecular weight excluding hydrogens is 366 g/mol. The first-order chi connectivity index (χ1) is 13.3. The molecule has 8 heteroatoms. The van der Waals surface area contributed by atoms with Gasteiger partial charge in [0.05, 0.1) is 30.5 Å². The zero-order chi connectivity index (χ0) is 20.1. The van der Waals surface area contributed by atoms with Crippen LogP contribution >= 0.6 is 0 Å². The molecule has 8 nitrogen and oxygen atoms in total. The second kappa shape index (κ2) is 7.30. The van der Waals surface area contributed by atoms with Crippen molar-refractivity contribution in [2.45, 2.75) is 39.4 Å². The number of hydrogen-bond acceptors (Lipinski definition) is 8. The van der Waals surface area contributed by atoms with Crippen LogP contribution in [0, 0.1) is 29.1 Å². The van der Waals surface area contributed by atoms with Crippen molar-refractivity contribution in [2.75, 3.05) is 39.5 Å². The smallest absolute Gasteiger partial charge is 0.311 e. The first-order valence-corrected chi connectivity index (χ1v) is 10.2. The minimum Gasteiger partial charge on any atom is -0.464 e. The van der Waals surface area contributed by atoms with Gasteiger partial charge in [-0.05, 0) is 27.2 Å². The van der Waals surface area contributed by atoms with Gasteiger partial charge < -0.3 is 18.9 Å². The number of morpholine rings is 1. The Morgan fingerprint density at radius 1 is 1.18 bits per heavy atom. The van der Waals surface area contributed by atoms with E-state index in [9.17, 15) is 14.4 Å². The Morgan fingerprint density at radius 3 is 2.57 bits per heavy atom. The molecule has 0 spiro atoms. The first kappa shape index (κ1) is 19.6. The molecule has 4 aliphatic rings. The van der Waals surface area contributed by atoms with E-state index in [0.717, 1.165) is 13.1 Å². The fraction of sp³-hybridized carbons (Fsp3) is 0.850. The summed E-state index contributed by atoms with van der Waals surface area (Å²) in [6.07, 6.45) is -0.325. The van der Waals surface area contributed by atoms with Crippen molar-refractivity contribution in [1.82, 2.24) is 4.90 Å². The molecule has 0 aromatic carbocycles. The van der Waals surface area contributed by atoms with Crippen molar-refractivity contribution >= 4 is 17.9 Å². The molecule has 2 aliphatic heterocycles. The van der Waals surface area contributed by atoms with Gasteiger partial charge in [-0.1, -0.05) is 0 Å². The SMILES string of the molecule is CC(C)(C)C(=O)OC1C2CC3C1OC(=O)C3C2C(=O)OCCN1CCOCC1. The van der Waals surface area contributed by atoms with Crippen molar-refractivity contribution in [3.8, 4) is 0 Å². The summed E-state index contributed by atoms with van der Waals surface area (Å²) in [6, 6.07) is 0. The minimum absolute atomic E-state index is 0.0629. The van der Waals surface area contributed by atoms with E-state index < -0.39 is 29.5 Å². The molecule has 4 fully saturated rings. The lowest BCUT2D eigenvalue weighted by molar-refractivity contribution is -0.173. The van der Waals surface area contributed by atoms with Gasteiger partial charge in [-0.3, -0.25) is 19.3 Å². The largest absolute Gasteiger partial charge is 0.464 e. The molecule has 28 heavy (non-hydrogen) atoms. The number of ether oxygens (including phenoxy) is 4. The van der Waals surface area contributed by atoms with E-state index in [1.807, 2.05) is 0 Å². The molecule has 2 saturated heterocycles. The van der Waals surface area contributed by atoms with Crippen molar-refractivity contribution in [2.24, 2.45) is 29.1 Å². The molecule has 2 bridgehead atoms. The van der Waals surface area contributed by atoms with Gasteiger partial charge in [-0.25, -0.2) is 0 Å². The highest BCUT2D eigenvalue weighted by Crippen LogP contribution is 2.59. The molecule has 6 unspecified atom stereocenters. The molecule has 0 radical (unpaired) electrons. The zero-order valence-electron chi connectivity index (χ0n) is 16.7. The molecular formula is C20H29NO7. The molecule has 2 saturated carbocycles. The van der Waals surface area contributed by atoms with Gasteiger partial charge >= 0.3 is 17.9 Å². The van der Waals surface area contributed by atoms with Crippen LogP contribution < -0.4 is 0 Å². The van der Waals surface area contributed by atoms with Crippen molar-refractivity contribution in [3.63, 3.8) is 0 Å². The van der Waals surface area contributed by atoms with Crippen molar-refractivity contribution in [3.05, 3.63) is 0 Å². The summed E-state index contributed by atoms with van der Waals surface area (Å²) in [5.41, 5.74) is -0.655. The lowest BCUT2D eigenvalue weighted by Crippen LogP contribution is -2.45. The molecule has 4 rings (SSSR count). The number of carbonyl (C=O) groups excluding carboxylic acids is 3. The third-order valence-electron chi connectivity index (χ3n) is 6.43. The summed E-state index contributed by atoms with van der Waals surface area (Å²) in [5.74, 6) is -2.40. The predicted molar refractivity (Wildman–Crippen MR) is 96.0 cm³/mol. The highest BCUT2D eigenvalue weighted by molar-refractivity contribution is 5.86. The van der Waals surface area contributed by atoms with Gasteiger partial charge in [0.1, 0.15) is 18.8 Å². The Morgan fingerprint density at radius 2 is 1.89 bits per heavy atom. The summed E-state index contributed by atoms with van der Waals surface area (Å²) in [7, 11) is 0. The normalized spacial score (nSPS) is 37.0. The Bertz CT molecular complexity index is 651. The quantitative estimate of drug-likeness (QED) is 0.494. The van der Waals surface area contributed by atoms with E-state index >= 15 is 0 Å². The molecule has 6 atom stereocenters. The van der Waals surface area contributed by atoms with Gasteiger partial charge in [-0.2, -0.15) is 0 Å². The lowest BCUT2D eigenvalue weighted by atomic mass is 9.78. The van der Waals surface area contributed by atoms with Gasteiger partial charge in [-0.15, -0.1) is 0 Å². The van der Waals surface area contributed by atoms with E-state index in [1.165, 1.54) is 0 Å².